The number of benzene rings is 2. The molecule has 0 unspecified atom stereocenters. The summed E-state index contributed by atoms with van der Waals surface area (Å²) in [4.78, 5) is 24.2. The first-order valence-corrected chi connectivity index (χ1v) is 9.10. The van der Waals surface area contributed by atoms with Gasteiger partial charge in [0.25, 0.3) is 5.91 Å². The number of nitrogens with one attached hydrogen (secondary N) is 2. The van der Waals surface area contributed by atoms with Gasteiger partial charge in [0.05, 0.1) is 12.6 Å². The maximum absolute atomic E-state index is 12.8. The van der Waals surface area contributed by atoms with Crippen molar-refractivity contribution in [3.05, 3.63) is 76.0 Å². The van der Waals surface area contributed by atoms with E-state index in [0.29, 0.717) is 21.3 Å². The number of rotatable bonds is 6. The molecule has 2 N–H and O–H groups in total. The lowest BCUT2D eigenvalue weighted by Gasteiger charge is -2.03. The van der Waals surface area contributed by atoms with Crippen molar-refractivity contribution in [2.75, 3.05) is 5.32 Å². The summed E-state index contributed by atoms with van der Waals surface area (Å²) in [5.41, 5.74) is 4.42. The Morgan fingerprint density at radius 2 is 1.89 bits per heavy atom. The molecule has 0 fully saturated rings. The van der Waals surface area contributed by atoms with E-state index in [0.717, 1.165) is 16.9 Å². The summed E-state index contributed by atoms with van der Waals surface area (Å²) in [6.07, 6.45) is 1.38. The van der Waals surface area contributed by atoms with Crippen LogP contribution in [0.25, 0.3) is 0 Å². The van der Waals surface area contributed by atoms with Gasteiger partial charge in [0.1, 0.15) is 10.8 Å². The maximum atomic E-state index is 12.8. The predicted molar refractivity (Wildman–Crippen MR) is 105 cm³/mol. The highest BCUT2D eigenvalue weighted by Crippen LogP contribution is 2.17. The first-order chi connectivity index (χ1) is 13.5. The molecular formula is C19H16FN5O2S. The summed E-state index contributed by atoms with van der Waals surface area (Å²) >= 11 is 1.11. The fourth-order valence-corrected chi connectivity index (χ4v) is 3.01. The van der Waals surface area contributed by atoms with Gasteiger partial charge in [-0.15, -0.1) is 10.2 Å². The Hall–Kier alpha value is -3.46. The van der Waals surface area contributed by atoms with Crippen LogP contribution in [0.4, 0.5) is 9.52 Å². The van der Waals surface area contributed by atoms with Crippen molar-refractivity contribution in [1.82, 2.24) is 15.6 Å². The summed E-state index contributed by atoms with van der Waals surface area (Å²) in [6, 6.07) is 12.9. The zero-order chi connectivity index (χ0) is 19.9. The number of nitrogens with zero attached hydrogens (tertiary/aromatic N) is 3. The number of aromatic nitrogens is 2. The van der Waals surface area contributed by atoms with Gasteiger partial charge in [-0.25, -0.2) is 9.82 Å². The topological polar surface area (TPSA) is 96.3 Å². The predicted octanol–water partition coefficient (Wildman–Crippen LogP) is 2.93. The SMILES string of the molecule is Cc1ccccc1C(=O)Nc1nnc(CC(=O)N/N=C\c2ccc(F)cc2)s1. The molecule has 1 heterocycles. The molecule has 3 aromatic rings. The highest BCUT2D eigenvalue weighted by Gasteiger charge is 2.13. The van der Waals surface area contributed by atoms with Gasteiger partial charge in [-0.1, -0.05) is 41.7 Å². The number of hydrogen-bond acceptors (Lipinski definition) is 6. The molecule has 3 rings (SSSR count). The van der Waals surface area contributed by atoms with Crippen molar-refractivity contribution in [2.24, 2.45) is 5.10 Å². The van der Waals surface area contributed by atoms with Gasteiger partial charge >= 0.3 is 0 Å². The van der Waals surface area contributed by atoms with Crippen LogP contribution >= 0.6 is 11.3 Å². The second kappa shape index (κ2) is 8.96. The van der Waals surface area contributed by atoms with Crippen LogP contribution in [-0.4, -0.2) is 28.2 Å². The quantitative estimate of drug-likeness (QED) is 0.494. The minimum atomic E-state index is -0.383. The van der Waals surface area contributed by atoms with E-state index < -0.39 is 0 Å². The first kappa shape index (κ1) is 19.3. The molecule has 0 bridgehead atoms. The van der Waals surface area contributed by atoms with E-state index in [-0.39, 0.29) is 24.1 Å². The van der Waals surface area contributed by atoms with Crippen molar-refractivity contribution in [3.8, 4) is 0 Å². The Labute approximate surface area is 164 Å². The number of halogens is 1. The normalized spacial score (nSPS) is 10.8. The van der Waals surface area contributed by atoms with Gasteiger partial charge in [0, 0.05) is 5.56 Å². The Bertz CT molecular complexity index is 1020. The lowest BCUT2D eigenvalue weighted by atomic mass is 10.1. The van der Waals surface area contributed by atoms with E-state index in [4.69, 9.17) is 0 Å². The van der Waals surface area contributed by atoms with Gasteiger partial charge in [-0.05, 0) is 36.2 Å². The molecule has 1 aromatic heterocycles. The minimum Gasteiger partial charge on any atom is -0.296 e. The van der Waals surface area contributed by atoms with Crippen molar-refractivity contribution in [1.29, 1.82) is 0 Å². The molecule has 0 aliphatic carbocycles. The fraction of sp³-hybridized carbons (Fsp3) is 0.105. The van der Waals surface area contributed by atoms with Gasteiger partial charge in [-0.2, -0.15) is 5.10 Å². The molecule has 2 amide bonds. The summed E-state index contributed by atoms with van der Waals surface area (Å²) in [6.45, 7) is 1.84. The lowest BCUT2D eigenvalue weighted by Crippen LogP contribution is -2.19. The zero-order valence-corrected chi connectivity index (χ0v) is 15.7. The average Bonchev–Trinajstić information content (AvgIpc) is 3.10. The van der Waals surface area contributed by atoms with E-state index in [1.807, 2.05) is 19.1 Å². The van der Waals surface area contributed by atoms with Crippen LogP contribution in [0.1, 0.15) is 26.5 Å². The maximum Gasteiger partial charge on any atom is 0.257 e. The summed E-state index contributed by atoms with van der Waals surface area (Å²) in [5.74, 6) is -1.01. The highest BCUT2D eigenvalue weighted by atomic mass is 32.1. The molecule has 0 saturated carbocycles. The van der Waals surface area contributed by atoms with Crippen molar-refractivity contribution in [2.45, 2.75) is 13.3 Å². The number of hydrazone groups is 1. The smallest absolute Gasteiger partial charge is 0.257 e. The lowest BCUT2D eigenvalue weighted by molar-refractivity contribution is -0.120. The molecule has 0 atom stereocenters. The fourth-order valence-electron chi connectivity index (χ4n) is 2.27. The first-order valence-electron chi connectivity index (χ1n) is 8.28. The van der Waals surface area contributed by atoms with Crippen molar-refractivity contribution < 1.29 is 14.0 Å². The number of hydrogen-bond donors (Lipinski definition) is 2. The standard InChI is InChI=1S/C19H16FN5O2S/c1-12-4-2-3-5-15(12)18(27)22-19-25-24-17(28-19)10-16(26)23-21-11-13-6-8-14(20)9-7-13/h2-9,11H,10H2,1H3,(H,23,26)(H,22,25,27)/b21-11-. The molecule has 142 valence electrons. The Balaban J connectivity index is 1.52. The van der Waals surface area contributed by atoms with E-state index in [2.05, 4.69) is 26.0 Å². The molecule has 28 heavy (non-hydrogen) atoms. The number of amides is 2. The van der Waals surface area contributed by atoms with Crippen LogP contribution in [0.3, 0.4) is 0 Å². The molecule has 2 aromatic carbocycles. The third-order valence-corrected chi connectivity index (χ3v) is 4.50. The van der Waals surface area contributed by atoms with E-state index in [1.54, 1.807) is 24.3 Å². The van der Waals surface area contributed by atoms with Crippen LogP contribution in [0.5, 0.6) is 0 Å². The summed E-state index contributed by atoms with van der Waals surface area (Å²) in [5, 5.41) is 15.0. The molecule has 7 nitrogen and oxygen atoms in total. The Morgan fingerprint density at radius 1 is 1.14 bits per heavy atom. The number of carbonyl (C=O) groups is 2. The molecule has 0 radical (unpaired) electrons. The second-order valence-electron chi connectivity index (χ2n) is 5.79. The number of anilines is 1. The Kier molecular flexibility index (Phi) is 6.18. The summed E-state index contributed by atoms with van der Waals surface area (Å²) in [7, 11) is 0. The number of aryl methyl sites for hydroxylation is 1. The summed E-state index contributed by atoms with van der Waals surface area (Å²) < 4.78 is 12.8. The van der Waals surface area contributed by atoms with Crippen LogP contribution in [-0.2, 0) is 11.2 Å². The van der Waals surface area contributed by atoms with E-state index in [9.17, 15) is 14.0 Å². The zero-order valence-electron chi connectivity index (χ0n) is 14.8. The molecule has 0 aliphatic rings. The van der Waals surface area contributed by atoms with Crippen LogP contribution in [0.15, 0.2) is 53.6 Å². The van der Waals surface area contributed by atoms with E-state index >= 15 is 0 Å². The Morgan fingerprint density at radius 3 is 2.64 bits per heavy atom. The number of carbonyl (C=O) groups excluding carboxylic acids is 2. The molecule has 0 aliphatic heterocycles. The minimum absolute atomic E-state index is 0.0291. The second-order valence-corrected chi connectivity index (χ2v) is 6.85. The van der Waals surface area contributed by atoms with Gasteiger partial charge in [-0.3, -0.25) is 14.9 Å². The van der Waals surface area contributed by atoms with Crippen molar-refractivity contribution >= 4 is 34.5 Å². The molecule has 0 saturated heterocycles. The van der Waals surface area contributed by atoms with Gasteiger partial charge in [0.15, 0.2) is 0 Å². The molecule has 9 heteroatoms. The molecular weight excluding hydrogens is 381 g/mol. The molecule has 0 spiro atoms. The van der Waals surface area contributed by atoms with E-state index in [1.165, 1.54) is 18.3 Å². The third-order valence-electron chi connectivity index (χ3n) is 3.66. The van der Waals surface area contributed by atoms with Gasteiger partial charge < -0.3 is 0 Å². The van der Waals surface area contributed by atoms with Gasteiger partial charge in [0.2, 0.25) is 11.0 Å². The average molecular weight is 397 g/mol. The van der Waals surface area contributed by atoms with Crippen LogP contribution in [0, 0.1) is 12.7 Å². The third kappa shape index (κ3) is 5.27. The highest BCUT2D eigenvalue weighted by molar-refractivity contribution is 7.15. The largest absolute Gasteiger partial charge is 0.296 e. The monoisotopic (exact) mass is 397 g/mol. The van der Waals surface area contributed by atoms with Crippen molar-refractivity contribution in [3.63, 3.8) is 0 Å². The van der Waals surface area contributed by atoms with Crippen LogP contribution < -0.4 is 10.7 Å². The van der Waals surface area contributed by atoms with Crippen LogP contribution in [0.2, 0.25) is 0 Å².